The number of nitrogens with zero attached hydrogens (tertiary/aromatic N) is 2. The van der Waals surface area contributed by atoms with E-state index in [1.54, 1.807) is 32.5 Å². The first-order valence-corrected chi connectivity index (χ1v) is 11.7. The number of methoxy groups -OCH3 is 2. The lowest BCUT2D eigenvalue weighted by Crippen LogP contribution is -2.35. The molecule has 6 nitrogen and oxygen atoms in total. The predicted molar refractivity (Wildman–Crippen MR) is 131 cm³/mol. The molecule has 0 spiro atoms. The van der Waals surface area contributed by atoms with Crippen LogP contribution >= 0.6 is 0 Å². The number of esters is 1. The molecule has 0 bridgehead atoms. The third-order valence-corrected chi connectivity index (χ3v) is 7.23. The molecule has 34 heavy (non-hydrogen) atoms. The number of benzene rings is 3. The van der Waals surface area contributed by atoms with Crippen molar-refractivity contribution >= 4 is 27.5 Å². The van der Waals surface area contributed by atoms with Gasteiger partial charge in [0.2, 0.25) is 0 Å². The quantitative estimate of drug-likeness (QED) is 0.242. The molecule has 0 radical (unpaired) electrons. The molecule has 1 saturated heterocycles. The molecule has 1 aromatic heterocycles. The smallest absolute Gasteiger partial charge is 0.345 e. The Labute approximate surface area is 198 Å². The van der Waals surface area contributed by atoms with E-state index in [0.717, 1.165) is 36.0 Å². The van der Waals surface area contributed by atoms with Gasteiger partial charge in [0.25, 0.3) is 0 Å². The molecule has 3 heterocycles. The maximum Gasteiger partial charge on any atom is 0.345 e. The van der Waals surface area contributed by atoms with Gasteiger partial charge in [0, 0.05) is 25.0 Å². The number of aromatic nitrogens is 1. The number of hydrogen-bond donors (Lipinski definition) is 0. The van der Waals surface area contributed by atoms with Crippen LogP contribution in [0.4, 0.5) is 0 Å². The van der Waals surface area contributed by atoms with Crippen LogP contribution in [0, 0.1) is 0 Å². The molecule has 0 aliphatic carbocycles. The standard InChI is InChI=1S/C28H26N2O4/c1-32-26-13-23-22-12-19(34-28(31)17-5-3-9-29-15-17)7-8-20(22)21-11-18-6-4-10-30(18)16-25(21)24(23)14-27(26)33-2/h3,5,7-9,12-15,18H,4,6,10-11,16H2,1-2H3/t18-/m0/s1. The van der Waals surface area contributed by atoms with Crippen LogP contribution in [0.3, 0.4) is 0 Å². The van der Waals surface area contributed by atoms with Crippen LogP contribution in [-0.2, 0) is 13.0 Å². The Kier molecular flexibility index (Phi) is 5.11. The third-order valence-electron chi connectivity index (χ3n) is 7.23. The summed E-state index contributed by atoms with van der Waals surface area (Å²) >= 11 is 0. The van der Waals surface area contributed by atoms with Gasteiger partial charge in [-0.3, -0.25) is 9.88 Å². The predicted octanol–water partition coefficient (Wildman–Crippen LogP) is 5.14. The van der Waals surface area contributed by atoms with E-state index in [9.17, 15) is 4.79 Å². The molecular weight excluding hydrogens is 428 g/mol. The number of hydrogen-bond acceptors (Lipinski definition) is 6. The number of pyridine rings is 1. The Bertz CT molecular complexity index is 1420. The van der Waals surface area contributed by atoms with Gasteiger partial charge in [-0.25, -0.2) is 4.79 Å². The number of rotatable bonds is 4. The highest BCUT2D eigenvalue weighted by Crippen LogP contribution is 2.44. The van der Waals surface area contributed by atoms with E-state index in [2.05, 4.69) is 22.0 Å². The van der Waals surface area contributed by atoms with E-state index in [-0.39, 0.29) is 0 Å². The van der Waals surface area contributed by atoms with E-state index in [1.807, 2.05) is 18.2 Å². The van der Waals surface area contributed by atoms with Crippen molar-refractivity contribution in [3.63, 3.8) is 0 Å². The van der Waals surface area contributed by atoms with Crippen molar-refractivity contribution in [2.24, 2.45) is 0 Å². The summed E-state index contributed by atoms with van der Waals surface area (Å²) in [5.74, 6) is 1.49. The molecule has 0 unspecified atom stereocenters. The molecule has 6 rings (SSSR count). The monoisotopic (exact) mass is 454 g/mol. The van der Waals surface area contributed by atoms with Gasteiger partial charge >= 0.3 is 5.97 Å². The zero-order valence-corrected chi connectivity index (χ0v) is 19.3. The highest BCUT2D eigenvalue weighted by Gasteiger charge is 2.32. The van der Waals surface area contributed by atoms with Gasteiger partial charge in [-0.05, 0) is 94.9 Å². The second-order valence-corrected chi connectivity index (χ2v) is 9.02. The molecule has 0 amide bonds. The van der Waals surface area contributed by atoms with E-state index in [0.29, 0.717) is 23.1 Å². The molecule has 3 aromatic carbocycles. The maximum absolute atomic E-state index is 12.7. The Hall–Kier alpha value is -3.64. The summed E-state index contributed by atoms with van der Waals surface area (Å²) in [5.41, 5.74) is 3.18. The molecule has 0 N–H and O–H groups in total. The van der Waals surface area contributed by atoms with E-state index in [4.69, 9.17) is 14.2 Å². The molecule has 2 aliphatic rings. The zero-order chi connectivity index (χ0) is 23.2. The van der Waals surface area contributed by atoms with Crippen LogP contribution in [0.1, 0.15) is 34.3 Å². The summed E-state index contributed by atoms with van der Waals surface area (Å²) in [6, 6.07) is 14.1. The molecule has 2 aliphatic heterocycles. The third kappa shape index (κ3) is 3.37. The minimum absolute atomic E-state index is 0.421. The Balaban J connectivity index is 1.54. The normalized spacial score (nSPS) is 17.4. The number of carbonyl (C=O) groups excluding carboxylic acids is 1. The van der Waals surface area contributed by atoms with E-state index in [1.165, 1.54) is 40.9 Å². The second-order valence-electron chi connectivity index (χ2n) is 9.02. The van der Waals surface area contributed by atoms with Gasteiger partial charge < -0.3 is 14.2 Å². The number of ether oxygens (including phenoxy) is 3. The second kappa shape index (κ2) is 8.29. The van der Waals surface area contributed by atoms with Crippen molar-refractivity contribution in [2.75, 3.05) is 20.8 Å². The summed E-state index contributed by atoms with van der Waals surface area (Å²) < 4.78 is 17.0. The minimum Gasteiger partial charge on any atom is -0.493 e. The van der Waals surface area contributed by atoms with Crippen molar-refractivity contribution in [1.29, 1.82) is 0 Å². The first-order valence-electron chi connectivity index (χ1n) is 11.7. The van der Waals surface area contributed by atoms with E-state index >= 15 is 0 Å². The first-order chi connectivity index (χ1) is 16.7. The molecule has 1 atom stereocenters. The minimum atomic E-state index is -0.421. The lowest BCUT2D eigenvalue weighted by Gasteiger charge is -2.33. The zero-order valence-electron chi connectivity index (χ0n) is 19.3. The van der Waals surface area contributed by atoms with Crippen LogP contribution in [0.5, 0.6) is 17.2 Å². The van der Waals surface area contributed by atoms with Crippen LogP contribution in [-0.4, -0.2) is 42.7 Å². The fourth-order valence-electron chi connectivity index (χ4n) is 5.59. The highest BCUT2D eigenvalue weighted by atomic mass is 16.5. The van der Waals surface area contributed by atoms with E-state index < -0.39 is 5.97 Å². The first kappa shape index (κ1) is 20.9. The van der Waals surface area contributed by atoms with Crippen molar-refractivity contribution in [2.45, 2.75) is 31.8 Å². The summed E-state index contributed by atoms with van der Waals surface area (Å²) in [4.78, 5) is 19.3. The largest absolute Gasteiger partial charge is 0.493 e. The van der Waals surface area contributed by atoms with Gasteiger partial charge in [-0.1, -0.05) is 6.07 Å². The lowest BCUT2D eigenvalue weighted by atomic mass is 9.85. The van der Waals surface area contributed by atoms with Gasteiger partial charge in [-0.15, -0.1) is 0 Å². The fourth-order valence-corrected chi connectivity index (χ4v) is 5.59. The van der Waals surface area contributed by atoms with Crippen molar-refractivity contribution in [3.05, 3.63) is 71.5 Å². The summed E-state index contributed by atoms with van der Waals surface area (Å²) in [5, 5.41) is 4.50. The van der Waals surface area contributed by atoms with Gasteiger partial charge in [0.05, 0.1) is 19.8 Å². The Morgan fingerprint density at radius 1 is 0.971 bits per heavy atom. The highest BCUT2D eigenvalue weighted by molar-refractivity contribution is 6.12. The van der Waals surface area contributed by atoms with Crippen molar-refractivity contribution in [3.8, 4) is 17.2 Å². The topological polar surface area (TPSA) is 60.9 Å². The van der Waals surface area contributed by atoms with Crippen molar-refractivity contribution < 1.29 is 19.0 Å². The average Bonchev–Trinajstić information content (AvgIpc) is 3.35. The molecule has 172 valence electrons. The fraction of sp³-hybridized carbons (Fsp3) is 0.286. The SMILES string of the molecule is COc1cc2c3c(c4ccc(OC(=O)c5cccnc5)cc4c2cc1OC)C[C@@H]1CCCN1C3. The van der Waals surface area contributed by atoms with Gasteiger partial charge in [0.15, 0.2) is 11.5 Å². The van der Waals surface area contributed by atoms with Gasteiger partial charge in [0.1, 0.15) is 5.75 Å². The molecule has 1 fully saturated rings. The Morgan fingerprint density at radius 3 is 2.53 bits per heavy atom. The number of carbonyl (C=O) groups is 1. The van der Waals surface area contributed by atoms with Crippen molar-refractivity contribution in [1.82, 2.24) is 9.88 Å². The van der Waals surface area contributed by atoms with Crippen LogP contribution in [0.2, 0.25) is 0 Å². The molecule has 0 saturated carbocycles. The molecule has 4 aromatic rings. The van der Waals surface area contributed by atoms with Crippen LogP contribution in [0.15, 0.2) is 54.9 Å². The van der Waals surface area contributed by atoms with Crippen LogP contribution < -0.4 is 14.2 Å². The Morgan fingerprint density at radius 2 is 1.76 bits per heavy atom. The van der Waals surface area contributed by atoms with Crippen LogP contribution in [0.25, 0.3) is 21.5 Å². The summed E-state index contributed by atoms with van der Waals surface area (Å²) in [6.07, 6.45) is 6.67. The molecular formula is C28H26N2O4. The van der Waals surface area contributed by atoms with Gasteiger partial charge in [-0.2, -0.15) is 0 Å². The lowest BCUT2D eigenvalue weighted by molar-refractivity contribution is 0.0734. The number of fused-ring (bicyclic) bond motifs is 7. The molecule has 6 heteroatoms. The average molecular weight is 455 g/mol. The maximum atomic E-state index is 12.7. The summed E-state index contributed by atoms with van der Waals surface area (Å²) in [6.45, 7) is 2.10. The summed E-state index contributed by atoms with van der Waals surface area (Å²) in [7, 11) is 3.32.